The van der Waals surface area contributed by atoms with Crippen molar-refractivity contribution in [1.29, 1.82) is 15.8 Å². The summed E-state index contributed by atoms with van der Waals surface area (Å²) in [6, 6.07) is 18.1. The molecule has 40 heavy (non-hydrogen) atoms. The van der Waals surface area contributed by atoms with Crippen molar-refractivity contribution < 1.29 is 4.74 Å². The van der Waals surface area contributed by atoms with Gasteiger partial charge in [-0.1, -0.05) is 73.8 Å². The topological polar surface area (TPSA) is 147 Å². The van der Waals surface area contributed by atoms with Gasteiger partial charge in [-0.3, -0.25) is 0 Å². The summed E-state index contributed by atoms with van der Waals surface area (Å²) in [6.07, 6.45) is 4.87. The number of hydrogen-bond donors (Lipinski definition) is 0. The molecule has 0 radical (unpaired) electrons. The molecule has 0 saturated heterocycles. The monoisotopic (exact) mass is 534 g/mol. The zero-order valence-electron chi connectivity index (χ0n) is 21.7. The quantitative estimate of drug-likeness (QED) is 0.256. The average Bonchev–Trinajstić information content (AvgIpc) is 2.95. The third-order valence-electron chi connectivity index (χ3n) is 5.93. The summed E-state index contributed by atoms with van der Waals surface area (Å²) < 4.78 is 7.57. The number of ether oxygens (including phenoxy) is 1. The molecule has 0 fully saturated rings. The van der Waals surface area contributed by atoms with Crippen molar-refractivity contribution in [3.8, 4) is 18.4 Å². The van der Waals surface area contributed by atoms with Gasteiger partial charge in [-0.25, -0.2) is 28.1 Å². The van der Waals surface area contributed by atoms with Crippen molar-refractivity contribution in [3.05, 3.63) is 139 Å². The Hall–Kier alpha value is -5.66. The molecule has 3 rings (SSSR count). The summed E-state index contributed by atoms with van der Waals surface area (Å²) in [5.41, 5.74) is 1.11. The molecule has 2 aromatic carbocycles. The second-order valence-electron chi connectivity index (χ2n) is 8.88. The molecular weight excluding hydrogens is 508 g/mol. The van der Waals surface area contributed by atoms with Crippen LogP contribution >= 0.6 is 0 Å². The minimum absolute atomic E-state index is 0.0788. The Kier molecular flexibility index (Phi) is 9.94. The zero-order chi connectivity index (χ0) is 29.1. The van der Waals surface area contributed by atoms with Crippen molar-refractivity contribution in [1.82, 2.24) is 13.7 Å². The largest absolute Gasteiger partial charge is 0.423 e. The first-order valence-electron chi connectivity index (χ1n) is 12.2. The highest BCUT2D eigenvalue weighted by Gasteiger charge is 2.17. The molecule has 10 heteroatoms. The van der Waals surface area contributed by atoms with Gasteiger partial charge in [-0.2, -0.15) is 15.8 Å². The van der Waals surface area contributed by atoms with Gasteiger partial charge in [-0.05, 0) is 33.4 Å². The van der Waals surface area contributed by atoms with Crippen LogP contribution in [-0.4, -0.2) is 20.3 Å². The minimum Gasteiger partial charge on any atom is -0.423 e. The van der Waals surface area contributed by atoms with Crippen LogP contribution < -0.4 is 17.1 Å². The van der Waals surface area contributed by atoms with E-state index in [1.54, 1.807) is 60.9 Å². The fourth-order valence-electron chi connectivity index (χ4n) is 4.09. The lowest BCUT2D eigenvalue weighted by molar-refractivity contribution is 0.306. The standard InChI is InChI=1S/C30H26N6O4/c1-3-23(14-22(2)20-40-21-33)17-34-28(37)35(18-26-8-4-6-24(15-26)10-12-31)30(39)36(29(34)38)19-27-9-5-7-25(16-27)11-13-32/h3-9,14-16H,1-2,10-11,17-20H2/b23-14+. The van der Waals surface area contributed by atoms with Gasteiger partial charge >= 0.3 is 17.1 Å². The van der Waals surface area contributed by atoms with E-state index in [1.165, 1.54) is 6.08 Å². The molecule has 0 amide bonds. The van der Waals surface area contributed by atoms with Crippen LogP contribution in [0, 0.1) is 34.2 Å². The van der Waals surface area contributed by atoms with E-state index in [1.807, 2.05) is 0 Å². The predicted octanol–water partition coefficient (Wildman–Crippen LogP) is 2.57. The van der Waals surface area contributed by atoms with Gasteiger partial charge in [-0.15, -0.1) is 0 Å². The van der Waals surface area contributed by atoms with Crippen LogP contribution in [0.25, 0.3) is 0 Å². The maximum atomic E-state index is 13.6. The molecular formula is C30H26N6O4. The lowest BCUT2D eigenvalue weighted by Gasteiger charge is -2.15. The van der Waals surface area contributed by atoms with Crippen LogP contribution in [-0.2, 0) is 37.2 Å². The maximum absolute atomic E-state index is 13.6. The van der Waals surface area contributed by atoms with Crippen molar-refractivity contribution >= 4 is 0 Å². The normalized spacial score (nSPS) is 10.7. The SMILES string of the molecule is C=C/C(=C\C(=C)COC#N)Cn1c(=O)n(Cc2cccc(CC#N)c2)c(=O)n(Cc2cccc(CC#N)c2)c1=O. The van der Waals surface area contributed by atoms with E-state index >= 15 is 0 Å². The van der Waals surface area contributed by atoms with E-state index in [4.69, 9.17) is 15.8 Å². The molecule has 10 nitrogen and oxygen atoms in total. The highest BCUT2D eigenvalue weighted by molar-refractivity contribution is 5.29. The molecule has 0 spiro atoms. The number of nitrogens with zero attached hydrogens (tertiary/aromatic N) is 6. The Morgan fingerprint density at radius 2 is 1.27 bits per heavy atom. The minimum atomic E-state index is -0.818. The lowest BCUT2D eigenvalue weighted by atomic mass is 10.1. The Labute approximate surface area is 230 Å². The van der Waals surface area contributed by atoms with Crippen LogP contribution in [0.3, 0.4) is 0 Å². The first-order chi connectivity index (χ1) is 19.3. The second kappa shape index (κ2) is 13.8. The Bertz CT molecular complexity index is 1670. The summed E-state index contributed by atoms with van der Waals surface area (Å²) in [5.74, 6) is 0. The number of allylic oxidation sites excluding steroid dienone is 2. The lowest BCUT2D eigenvalue weighted by Crippen LogP contribution is -2.54. The Morgan fingerprint density at radius 1 is 0.800 bits per heavy atom. The van der Waals surface area contributed by atoms with Crippen molar-refractivity contribution in [2.24, 2.45) is 0 Å². The van der Waals surface area contributed by atoms with Gasteiger partial charge in [0.25, 0.3) is 6.26 Å². The second-order valence-corrected chi connectivity index (χ2v) is 8.88. The predicted molar refractivity (Wildman–Crippen MR) is 148 cm³/mol. The third kappa shape index (κ3) is 7.22. The highest BCUT2D eigenvalue weighted by Crippen LogP contribution is 2.09. The van der Waals surface area contributed by atoms with E-state index in [-0.39, 0.29) is 39.1 Å². The maximum Gasteiger partial charge on any atom is 0.336 e. The van der Waals surface area contributed by atoms with Gasteiger partial charge in [0, 0.05) is 0 Å². The molecule has 3 aromatic rings. The highest BCUT2D eigenvalue weighted by atomic mass is 16.5. The van der Waals surface area contributed by atoms with Crippen LogP contribution in [0.2, 0.25) is 0 Å². The smallest absolute Gasteiger partial charge is 0.336 e. The molecule has 0 N–H and O–H groups in total. The molecule has 200 valence electrons. The molecule has 0 atom stereocenters. The fourth-order valence-corrected chi connectivity index (χ4v) is 4.09. The van der Waals surface area contributed by atoms with Gasteiger partial charge in [0.1, 0.15) is 6.61 Å². The number of hydrogen-bond acceptors (Lipinski definition) is 7. The van der Waals surface area contributed by atoms with Crippen LogP contribution in [0.4, 0.5) is 0 Å². The number of rotatable bonds is 12. The Balaban J connectivity index is 2.16. The summed E-state index contributed by atoms with van der Waals surface area (Å²) in [7, 11) is 0. The van der Waals surface area contributed by atoms with Crippen molar-refractivity contribution in [3.63, 3.8) is 0 Å². The Morgan fingerprint density at radius 3 is 1.73 bits per heavy atom. The van der Waals surface area contributed by atoms with E-state index in [2.05, 4.69) is 30.0 Å². The first kappa shape index (κ1) is 28.9. The number of benzene rings is 2. The molecule has 0 aliphatic rings. The van der Waals surface area contributed by atoms with Crippen LogP contribution in [0.15, 0.2) is 99.4 Å². The van der Waals surface area contributed by atoms with Crippen LogP contribution in [0.1, 0.15) is 22.3 Å². The van der Waals surface area contributed by atoms with Crippen LogP contribution in [0.5, 0.6) is 0 Å². The molecule has 0 aliphatic carbocycles. The van der Waals surface area contributed by atoms with Crippen molar-refractivity contribution in [2.75, 3.05) is 6.61 Å². The molecule has 0 saturated carbocycles. The third-order valence-corrected chi connectivity index (χ3v) is 5.93. The molecule has 0 unspecified atom stereocenters. The number of nitriles is 3. The van der Waals surface area contributed by atoms with E-state index in [0.29, 0.717) is 22.3 Å². The van der Waals surface area contributed by atoms with Gasteiger partial charge in [0.2, 0.25) is 0 Å². The summed E-state index contributed by atoms with van der Waals surface area (Å²) >= 11 is 0. The zero-order valence-corrected chi connectivity index (χ0v) is 21.7. The van der Waals surface area contributed by atoms with Gasteiger partial charge < -0.3 is 4.74 Å². The van der Waals surface area contributed by atoms with Gasteiger partial charge in [0.05, 0.1) is 44.6 Å². The first-order valence-corrected chi connectivity index (χ1v) is 12.2. The average molecular weight is 535 g/mol. The van der Waals surface area contributed by atoms with Crippen molar-refractivity contribution in [2.45, 2.75) is 32.5 Å². The molecule has 0 aliphatic heterocycles. The van der Waals surface area contributed by atoms with E-state index in [0.717, 1.165) is 24.8 Å². The summed E-state index contributed by atoms with van der Waals surface area (Å²) in [5, 5.41) is 26.7. The summed E-state index contributed by atoms with van der Waals surface area (Å²) in [4.78, 5) is 40.7. The molecule has 1 heterocycles. The molecule has 1 aromatic heterocycles. The molecule has 0 bridgehead atoms. The van der Waals surface area contributed by atoms with E-state index < -0.39 is 17.1 Å². The van der Waals surface area contributed by atoms with Gasteiger partial charge in [0.15, 0.2) is 0 Å². The fraction of sp³-hybridized carbons (Fsp3) is 0.200. The number of aromatic nitrogens is 3. The van der Waals surface area contributed by atoms with E-state index in [9.17, 15) is 14.4 Å². The summed E-state index contributed by atoms with van der Waals surface area (Å²) in [6.45, 7) is 7.01.